The molecule has 1 amide bonds. The lowest BCUT2D eigenvalue weighted by Gasteiger charge is -2.27. The quantitative estimate of drug-likeness (QED) is 0.539. The van der Waals surface area contributed by atoms with Gasteiger partial charge in [0, 0.05) is 19.2 Å². The van der Waals surface area contributed by atoms with E-state index in [9.17, 15) is 4.79 Å². The monoisotopic (exact) mass is 253 g/mol. The summed E-state index contributed by atoms with van der Waals surface area (Å²) < 4.78 is 10.6. The minimum Gasteiger partial charge on any atom is -0.444 e. The summed E-state index contributed by atoms with van der Waals surface area (Å²) in [6.45, 7) is 7.22. The summed E-state index contributed by atoms with van der Waals surface area (Å²) in [5.74, 6) is 2.42. The Balaban J connectivity index is 2.31. The fourth-order valence-electron chi connectivity index (χ4n) is 1.60. The van der Waals surface area contributed by atoms with Crippen molar-refractivity contribution in [3.8, 4) is 12.3 Å². The first-order chi connectivity index (χ1) is 8.44. The lowest BCUT2D eigenvalue weighted by molar-refractivity contribution is 0.0216. The van der Waals surface area contributed by atoms with Gasteiger partial charge >= 0.3 is 6.09 Å². The SMILES string of the molecule is C#CCOCCCN(C(=O)OC(C)(C)C)C1CC1. The first-order valence-electron chi connectivity index (χ1n) is 6.45. The smallest absolute Gasteiger partial charge is 0.410 e. The van der Waals surface area contributed by atoms with Crippen LogP contribution in [-0.2, 0) is 9.47 Å². The van der Waals surface area contributed by atoms with Gasteiger partial charge in [-0.2, -0.15) is 0 Å². The van der Waals surface area contributed by atoms with Crippen molar-refractivity contribution < 1.29 is 14.3 Å². The zero-order chi connectivity index (χ0) is 13.6. The van der Waals surface area contributed by atoms with Gasteiger partial charge in [-0.3, -0.25) is 0 Å². The molecule has 0 atom stereocenters. The Morgan fingerprint density at radius 2 is 2.11 bits per heavy atom. The van der Waals surface area contributed by atoms with Gasteiger partial charge in [0.05, 0.1) is 0 Å². The van der Waals surface area contributed by atoms with Crippen LogP contribution in [0.1, 0.15) is 40.0 Å². The number of carbonyl (C=O) groups excluding carboxylic acids is 1. The maximum atomic E-state index is 12.0. The normalized spacial score (nSPS) is 15.0. The van der Waals surface area contributed by atoms with Crippen molar-refractivity contribution in [1.29, 1.82) is 0 Å². The number of ether oxygens (including phenoxy) is 2. The molecule has 0 aromatic heterocycles. The summed E-state index contributed by atoms with van der Waals surface area (Å²) >= 11 is 0. The Morgan fingerprint density at radius 1 is 1.44 bits per heavy atom. The standard InChI is InChI=1S/C14H23NO3/c1-5-10-17-11-6-9-15(12-7-8-12)13(16)18-14(2,3)4/h1,12H,6-11H2,2-4H3. The van der Waals surface area contributed by atoms with Crippen LogP contribution in [-0.4, -0.2) is 42.4 Å². The molecular formula is C14H23NO3. The molecule has 4 nitrogen and oxygen atoms in total. The van der Waals surface area contributed by atoms with E-state index in [0.717, 1.165) is 19.3 Å². The van der Waals surface area contributed by atoms with Crippen LogP contribution < -0.4 is 0 Å². The van der Waals surface area contributed by atoms with Gasteiger partial charge in [-0.1, -0.05) is 5.92 Å². The summed E-state index contributed by atoms with van der Waals surface area (Å²) in [6.07, 6.45) is 7.80. The van der Waals surface area contributed by atoms with E-state index in [1.54, 1.807) is 0 Å². The average Bonchev–Trinajstić information content (AvgIpc) is 3.04. The molecule has 1 aliphatic rings. The Hall–Kier alpha value is -1.21. The predicted octanol–water partition coefficient (Wildman–Crippen LogP) is 2.43. The van der Waals surface area contributed by atoms with Crippen LogP contribution in [0.4, 0.5) is 4.79 Å². The molecule has 102 valence electrons. The van der Waals surface area contributed by atoms with Crippen molar-refractivity contribution >= 4 is 6.09 Å². The van der Waals surface area contributed by atoms with E-state index in [1.807, 2.05) is 25.7 Å². The summed E-state index contributed by atoms with van der Waals surface area (Å²) in [5, 5.41) is 0. The Kier molecular flexibility index (Phi) is 5.49. The van der Waals surface area contributed by atoms with Crippen molar-refractivity contribution in [3.63, 3.8) is 0 Å². The lowest BCUT2D eigenvalue weighted by atomic mass is 10.2. The topological polar surface area (TPSA) is 38.8 Å². The summed E-state index contributed by atoms with van der Waals surface area (Å²) in [5.41, 5.74) is -0.440. The van der Waals surface area contributed by atoms with Crippen molar-refractivity contribution in [3.05, 3.63) is 0 Å². The molecule has 18 heavy (non-hydrogen) atoms. The highest BCUT2D eigenvalue weighted by atomic mass is 16.6. The van der Waals surface area contributed by atoms with Gasteiger partial charge in [0.1, 0.15) is 12.2 Å². The maximum absolute atomic E-state index is 12.0. The molecule has 0 saturated heterocycles. The molecule has 0 aromatic carbocycles. The molecule has 1 saturated carbocycles. The maximum Gasteiger partial charge on any atom is 0.410 e. The van der Waals surface area contributed by atoms with Crippen molar-refractivity contribution in [1.82, 2.24) is 4.90 Å². The summed E-state index contributed by atoms with van der Waals surface area (Å²) in [7, 11) is 0. The minimum atomic E-state index is -0.440. The third-order valence-corrected chi connectivity index (χ3v) is 2.49. The van der Waals surface area contributed by atoms with Gasteiger partial charge in [0.2, 0.25) is 0 Å². The first kappa shape index (κ1) is 14.8. The van der Waals surface area contributed by atoms with E-state index in [1.165, 1.54) is 0 Å². The molecule has 0 N–H and O–H groups in total. The molecule has 4 heteroatoms. The Labute approximate surface area is 110 Å². The Bertz CT molecular complexity index is 310. The fourth-order valence-corrected chi connectivity index (χ4v) is 1.60. The first-order valence-corrected chi connectivity index (χ1v) is 6.45. The third-order valence-electron chi connectivity index (χ3n) is 2.49. The Morgan fingerprint density at radius 3 is 2.61 bits per heavy atom. The molecule has 0 aliphatic heterocycles. The fraction of sp³-hybridized carbons (Fsp3) is 0.786. The number of hydrogen-bond donors (Lipinski definition) is 0. The molecular weight excluding hydrogens is 230 g/mol. The second kappa shape index (κ2) is 6.65. The number of nitrogens with zero attached hydrogens (tertiary/aromatic N) is 1. The summed E-state index contributed by atoms with van der Waals surface area (Å²) in [4.78, 5) is 13.8. The predicted molar refractivity (Wildman–Crippen MR) is 70.2 cm³/mol. The van der Waals surface area contributed by atoms with E-state index in [4.69, 9.17) is 15.9 Å². The van der Waals surface area contributed by atoms with Gasteiger partial charge < -0.3 is 14.4 Å². The largest absolute Gasteiger partial charge is 0.444 e. The van der Waals surface area contributed by atoms with Crippen LogP contribution >= 0.6 is 0 Å². The molecule has 0 aromatic rings. The van der Waals surface area contributed by atoms with Gasteiger partial charge in [-0.15, -0.1) is 6.42 Å². The third kappa shape index (κ3) is 5.92. The highest BCUT2D eigenvalue weighted by molar-refractivity contribution is 5.69. The summed E-state index contributed by atoms with van der Waals surface area (Å²) in [6, 6.07) is 0.354. The van der Waals surface area contributed by atoms with Crippen molar-refractivity contribution in [2.24, 2.45) is 0 Å². The van der Waals surface area contributed by atoms with E-state index >= 15 is 0 Å². The van der Waals surface area contributed by atoms with Crippen molar-refractivity contribution in [2.45, 2.75) is 51.7 Å². The second-order valence-electron chi connectivity index (χ2n) is 5.52. The van der Waals surface area contributed by atoms with E-state index in [2.05, 4.69) is 5.92 Å². The molecule has 0 radical (unpaired) electrons. The van der Waals surface area contributed by atoms with Gasteiger partial charge in [-0.05, 0) is 40.0 Å². The number of terminal acetylenes is 1. The number of rotatable bonds is 6. The zero-order valence-electron chi connectivity index (χ0n) is 11.6. The number of hydrogen-bond acceptors (Lipinski definition) is 3. The molecule has 0 unspecified atom stereocenters. The van der Waals surface area contributed by atoms with E-state index in [0.29, 0.717) is 25.8 Å². The molecule has 1 aliphatic carbocycles. The van der Waals surface area contributed by atoms with Gasteiger partial charge in [0.25, 0.3) is 0 Å². The van der Waals surface area contributed by atoms with Crippen LogP contribution in [0.25, 0.3) is 0 Å². The van der Waals surface area contributed by atoms with Gasteiger partial charge in [-0.25, -0.2) is 4.79 Å². The zero-order valence-corrected chi connectivity index (χ0v) is 11.6. The molecule has 0 heterocycles. The molecule has 1 fully saturated rings. The van der Waals surface area contributed by atoms with Crippen LogP contribution in [0.15, 0.2) is 0 Å². The average molecular weight is 253 g/mol. The molecule has 0 bridgehead atoms. The molecule has 0 spiro atoms. The van der Waals surface area contributed by atoms with Crippen LogP contribution in [0.2, 0.25) is 0 Å². The van der Waals surface area contributed by atoms with Crippen molar-refractivity contribution in [2.75, 3.05) is 19.8 Å². The number of amides is 1. The highest BCUT2D eigenvalue weighted by Crippen LogP contribution is 2.28. The molecule has 1 rings (SSSR count). The number of carbonyl (C=O) groups is 1. The van der Waals surface area contributed by atoms with Crippen LogP contribution in [0.5, 0.6) is 0 Å². The lowest BCUT2D eigenvalue weighted by Crippen LogP contribution is -2.39. The van der Waals surface area contributed by atoms with Crippen LogP contribution in [0.3, 0.4) is 0 Å². The van der Waals surface area contributed by atoms with E-state index < -0.39 is 5.60 Å². The second-order valence-corrected chi connectivity index (χ2v) is 5.52. The minimum absolute atomic E-state index is 0.220. The van der Waals surface area contributed by atoms with E-state index in [-0.39, 0.29) is 6.09 Å². The highest BCUT2D eigenvalue weighted by Gasteiger charge is 2.34. The van der Waals surface area contributed by atoms with Crippen LogP contribution in [0, 0.1) is 12.3 Å². The van der Waals surface area contributed by atoms with Gasteiger partial charge in [0.15, 0.2) is 0 Å².